The molecule has 0 bridgehead atoms. The molecule has 0 aliphatic heterocycles. The second-order valence-electron chi connectivity index (χ2n) is 3.87. The fourth-order valence-corrected chi connectivity index (χ4v) is 2.08. The highest BCUT2D eigenvalue weighted by molar-refractivity contribution is 5.83. The van der Waals surface area contributed by atoms with E-state index in [2.05, 4.69) is 6.07 Å². The molecule has 0 spiro atoms. The standard InChI is InChI=1S/C14H13NO2/c1-2-17-14(16)13-11(9-15)8-7-10-5-3-4-6-12(10)13/h3-8,11,13H,2H2,1H3/t11-,13+/m1/s1. The Labute approximate surface area is 100 Å². The Balaban J connectivity index is 2.43. The van der Waals surface area contributed by atoms with Crippen molar-refractivity contribution in [3.63, 3.8) is 0 Å². The number of rotatable bonds is 2. The summed E-state index contributed by atoms with van der Waals surface area (Å²) in [6, 6.07) is 9.75. The molecule has 0 unspecified atom stereocenters. The van der Waals surface area contributed by atoms with E-state index >= 15 is 0 Å². The smallest absolute Gasteiger partial charge is 0.315 e. The average Bonchev–Trinajstić information content (AvgIpc) is 2.37. The zero-order valence-electron chi connectivity index (χ0n) is 9.59. The number of nitrogens with zero attached hydrogens (tertiary/aromatic N) is 1. The van der Waals surface area contributed by atoms with Crippen LogP contribution in [-0.2, 0) is 9.53 Å². The maximum absolute atomic E-state index is 11.9. The summed E-state index contributed by atoms with van der Waals surface area (Å²) in [6.07, 6.45) is 3.66. The molecule has 0 radical (unpaired) electrons. The van der Waals surface area contributed by atoms with Crippen LogP contribution in [0, 0.1) is 17.2 Å². The van der Waals surface area contributed by atoms with Gasteiger partial charge in [0, 0.05) is 0 Å². The van der Waals surface area contributed by atoms with Gasteiger partial charge in [0.15, 0.2) is 0 Å². The number of nitriles is 1. The van der Waals surface area contributed by atoms with E-state index in [0.717, 1.165) is 11.1 Å². The highest BCUT2D eigenvalue weighted by atomic mass is 16.5. The second-order valence-corrected chi connectivity index (χ2v) is 3.87. The molecular weight excluding hydrogens is 214 g/mol. The number of fused-ring (bicyclic) bond motifs is 1. The van der Waals surface area contributed by atoms with E-state index in [-0.39, 0.29) is 5.97 Å². The lowest BCUT2D eigenvalue weighted by atomic mass is 9.80. The molecule has 86 valence electrons. The SMILES string of the molecule is CCOC(=O)[C@@H]1c2ccccc2C=C[C@@H]1C#N. The van der Waals surface area contributed by atoms with Crippen LogP contribution in [0.15, 0.2) is 30.3 Å². The molecule has 1 aromatic carbocycles. The second kappa shape index (κ2) is 4.84. The third kappa shape index (κ3) is 2.07. The van der Waals surface area contributed by atoms with Crippen LogP contribution in [0.25, 0.3) is 6.08 Å². The first-order chi connectivity index (χ1) is 8.27. The lowest BCUT2D eigenvalue weighted by Crippen LogP contribution is -2.24. The van der Waals surface area contributed by atoms with Gasteiger partial charge < -0.3 is 4.74 Å². The minimum atomic E-state index is -0.499. The topological polar surface area (TPSA) is 50.1 Å². The van der Waals surface area contributed by atoms with Crippen molar-refractivity contribution in [3.8, 4) is 6.07 Å². The summed E-state index contributed by atoms with van der Waals surface area (Å²) in [5.41, 5.74) is 1.86. The van der Waals surface area contributed by atoms with Gasteiger partial charge in [0.25, 0.3) is 0 Å². The van der Waals surface area contributed by atoms with Crippen molar-refractivity contribution < 1.29 is 9.53 Å². The normalized spacial score (nSPS) is 21.4. The van der Waals surface area contributed by atoms with E-state index < -0.39 is 11.8 Å². The van der Waals surface area contributed by atoms with Gasteiger partial charge in [0.2, 0.25) is 0 Å². The Bertz CT molecular complexity index is 499. The Hall–Kier alpha value is -2.08. The molecule has 0 fully saturated rings. The zero-order chi connectivity index (χ0) is 12.3. The molecular formula is C14H13NO2. The van der Waals surface area contributed by atoms with Gasteiger partial charge in [-0.05, 0) is 18.1 Å². The number of esters is 1. The van der Waals surface area contributed by atoms with Gasteiger partial charge in [-0.15, -0.1) is 0 Å². The molecule has 17 heavy (non-hydrogen) atoms. The number of benzene rings is 1. The number of hydrogen-bond acceptors (Lipinski definition) is 3. The summed E-state index contributed by atoms with van der Waals surface area (Å²) in [5.74, 6) is -1.26. The Morgan fingerprint density at radius 1 is 1.47 bits per heavy atom. The van der Waals surface area contributed by atoms with E-state index in [9.17, 15) is 4.79 Å². The molecule has 0 saturated carbocycles. The average molecular weight is 227 g/mol. The lowest BCUT2D eigenvalue weighted by Gasteiger charge is -2.23. The van der Waals surface area contributed by atoms with Crippen LogP contribution in [0.1, 0.15) is 24.0 Å². The maximum atomic E-state index is 11.9. The monoisotopic (exact) mass is 227 g/mol. The first-order valence-corrected chi connectivity index (χ1v) is 5.61. The minimum absolute atomic E-state index is 0.323. The molecule has 0 heterocycles. The molecule has 3 heteroatoms. The van der Waals surface area contributed by atoms with Crippen molar-refractivity contribution in [3.05, 3.63) is 41.5 Å². The van der Waals surface area contributed by atoms with Gasteiger partial charge in [-0.1, -0.05) is 36.4 Å². The molecule has 1 aliphatic rings. The first-order valence-electron chi connectivity index (χ1n) is 5.61. The van der Waals surface area contributed by atoms with Gasteiger partial charge >= 0.3 is 5.97 Å². The predicted molar refractivity (Wildman–Crippen MR) is 64.0 cm³/mol. The van der Waals surface area contributed by atoms with E-state index in [1.165, 1.54) is 0 Å². The van der Waals surface area contributed by atoms with Gasteiger partial charge in [0.05, 0.1) is 18.6 Å². The van der Waals surface area contributed by atoms with Crippen molar-refractivity contribution in [2.75, 3.05) is 6.61 Å². The predicted octanol–water partition coefficient (Wildman–Crippen LogP) is 2.50. The van der Waals surface area contributed by atoms with Crippen LogP contribution in [-0.4, -0.2) is 12.6 Å². The molecule has 2 rings (SSSR count). The molecule has 1 aromatic rings. The largest absolute Gasteiger partial charge is 0.465 e. The summed E-state index contributed by atoms with van der Waals surface area (Å²) in [6.45, 7) is 2.10. The van der Waals surface area contributed by atoms with E-state index in [1.807, 2.05) is 30.3 Å². The first kappa shape index (κ1) is 11.4. The highest BCUT2D eigenvalue weighted by Crippen LogP contribution is 2.34. The molecule has 3 nitrogen and oxygen atoms in total. The van der Waals surface area contributed by atoms with Crippen LogP contribution in [0.5, 0.6) is 0 Å². The van der Waals surface area contributed by atoms with Gasteiger partial charge in [-0.3, -0.25) is 4.79 Å². The van der Waals surface area contributed by atoms with Crippen molar-refractivity contribution in [1.82, 2.24) is 0 Å². The highest BCUT2D eigenvalue weighted by Gasteiger charge is 2.33. The minimum Gasteiger partial charge on any atom is -0.465 e. The van der Waals surface area contributed by atoms with E-state index in [4.69, 9.17) is 10.00 Å². The van der Waals surface area contributed by atoms with Crippen molar-refractivity contribution >= 4 is 12.0 Å². The Morgan fingerprint density at radius 3 is 2.94 bits per heavy atom. The van der Waals surface area contributed by atoms with Gasteiger partial charge in [-0.2, -0.15) is 5.26 Å². The molecule has 0 saturated heterocycles. The lowest BCUT2D eigenvalue weighted by molar-refractivity contribution is -0.145. The van der Waals surface area contributed by atoms with Crippen LogP contribution < -0.4 is 0 Å². The number of allylic oxidation sites excluding steroid dienone is 1. The molecule has 1 aliphatic carbocycles. The fourth-order valence-electron chi connectivity index (χ4n) is 2.08. The van der Waals surface area contributed by atoms with Crippen LogP contribution in [0.2, 0.25) is 0 Å². The van der Waals surface area contributed by atoms with Crippen LogP contribution in [0.3, 0.4) is 0 Å². The molecule has 0 aromatic heterocycles. The molecule has 0 amide bonds. The summed E-state index contributed by atoms with van der Waals surface area (Å²) in [5, 5.41) is 9.10. The third-order valence-electron chi connectivity index (χ3n) is 2.86. The summed E-state index contributed by atoms with van der Waals surface area (Å²) in [7, 11) is 0. The van der Waals surface area contributed by atoms with Crippen LogP contribution in [0.4, 0.5) is 0 Å². The number of ether oxygens (including phenoxy) is 1. The zero-order valence-corrected chi connectivity index (χ0v) is 9.59. The Morgan fingerprint density at radius 2 is 2.24 bits per heavy atom. The number of carbonyl (C=O) groups is 1. The maximum Gasteiger partial charge on any atom is 0.315 e. The van der Waals surface area contributed by atoms with Crippen LogP contribution >= 0.6 is 0 Å². The Kier molecular flexibility index (Phi) is 3.24. The van der Waals surface area contributed by atoms with Crippen molar-refractivity contribution in [1.29, 1.82) is 5.26 Å². The quantitative estimate of drug-likeness (QED) is 0.729. The van der Waals surface area contributed by atoms with Crippen molar-refractivity contribution in [2.24, 2.45) is 5.92 Å². The third-order valence-corrected chi connectivity index (χ3v) is 2.86. The summed E-state index contributed by atoms with van der Waals surface area (Å²) in [4.78, 5) is 11.9. The molecule has 0 N–H and O–H groups in total. The summed E-state index contributed by atoms with van der Waals surface area (Å²) < 4.78 is 5.05. The van der Waals surface area contributed by atoms with Gasteiger partial charge in [-0.25, -0.2) is 0 Å². The van der Waals surface area contributed by atoms with Crippen molar-refractivity contribution in [2.45, 2.75) is 12.8 Å². The van der Waals surface area contributed by atoms with E-state index in [0.29, 0.717) is 6.61 Å². The van der Waals surface area contributed by atoms with Gasteiger partial charge in [0.1, 0.15) is 5.92 Å². The summed E-state index contributed by atoms with van der Waals surface area (Å²) >= 11 is 0. The fraction of sp³-hybridized carbons (Fsp3) is 0.286. The number of hydrogen-bond donors (Lipinski definition) is 0. The molecule has 2 atom stereocenters. The van der Waals surface area contributed by atoms with E-state index in [1.54, 1.807) is 13.0 Å². The number of carbonyl (C=O) groups excluding carboxylic acids is 1.